The molecular formula is C36H41NO4. The van der Waals surface area contributed by atoms with Crippen molar-refractivity contribution in [1.29, 1.82) is 0 Å². The van der Waals surface area contributed by atoms with Crippen LogP contribution in [0.3, 0.4) is 0 Å². The van der Waals surface area contributed by atoms with Crippen LogP contribution in [0.2, 0.25) is 0 Å². The predicted molar refractivity (Wildman–Crippen MR) is 163 cm³/mol. The largest absolute Gasteiger partial charge is 0.452 e. The summed E-state index contributed by atoms with van der Waals surface area (Å²) in [5, 5.41) is 0. The van der Waals surface area contributed by atoms with Crippen LogP contribution in [0.4, 0.5) is 0 Å². The zero-order valence-corrected chi connectivity index (χ0v) is 24.8. The fraction of sp³-hybridized carbons (Fsp3) is 0.389. The number of benzene rings is 3. The normalized spacial score (nSPS) is 13.3. The lowest BCUT2D eigenvalue weighted by Gasteiger charge is -2.32. The maximum absolute atomic E-state index is 13.8. The molecule has 0 atom stereocenters. The molecule has 0 saturated heterocycles. The van der Waals surface area contributed by atoms with Gasteiger partial charge in [-0.3, -0.25) is 4.79 Å². The van der Waals surface area contributed by atoms with Crippen LogP contribution in [0.1, 0.15) is 109 Å². The molecule has 0 fully saturated rings. The van der Waals surface area contributed by atoms with Gasteiger partial charge < -0.3 is 14.4 Å². The van der Waals surface area contributed by atoms with Crippen LogP contribution in [-0.4, -0.2) is 29.1 Å². The van der Waals surface area contributed by atoms with E-state index < -0.39 is 11.8 Å². The van der Waals surface area contributed by atoms with E-state index in [-0.39, 0.29) is 11.5 Å². The summed E-state index contributed by atoms with van der Waals surface area (Å²) in [5.74, 6) is 5.42. The smallest absolute Gasteiger partial charge is 0.345 e. The minimum Gasteiger partial charge on any atom is -0.452 e. The van der Waals surface area contributed by atoms with Crippen molar-refractivity contribution in [2.24, 2.45) is 0 Å². The second kappa shape index (κ2) is 14.0. The van der Waals surface area contributed by atoms with Gasteiger partial charge in [-0.25, -0.2) is 4.79 Å². The van der Waals surface area contributed by atoms with E-state index in [4.69, 9.17) is 9.47 Å². The standard InChI is InChI=1S/C36H41NO4/c1-5-7-9-12-24-37(34(38)30-22-23-33-32(25-30)35(39)41-36(3,4)40-33)26-31-15-11-10-14-29(31)21-20-28-18-16-27(17-19-28)13-8-6-2/h10-11,14-19,22-23,25H,5-9,12-13,24,26H2,1-4H3. The van der Waals surface area contributed by atoms with Crippen molar-refractivity contribution in [1.82, 2.24) is 4.90 Å². The van der Waals surface area contributed by atoms with Crippen molar-refractivity contribution in [3.05, 3.63) is 100 Å². The van der Waals surface area contributed by atoms with Gasteiger partial charge in [-0.2, -0.15) is 0 Å². The Balaban J connectivity index is 1.56. The Morgan fingerprint density at radius 3 is 2.37 bits per heavy atom. The molecule has 1 aliphatic rings. The van der Waals surface area contributed by atoms with Crippen LogP contribution < -0.4 is 4.74 Å². The highest BCUT2D eigenvalue weighted by atomic mass is 16.7. The molecule has 41 heavy (non-hydrogen) atoms. The number of carbonyl (C=O) groups is 2. The number of amides is 1. The van der Waals surface area contributed by atoms with E-state index in [1.807, 2.05) is 29.2 Å². The first-order valence-corrected chi connectivity index (χ1v) is 14.8. The molecule has 0 aliphatic carbocycles. The number of hydrogen-bond donors (Lipinski definition) is 0. The highest BCUT2D eigenvalue weighted by molar-refractivity contribution is 6.00. The maximum atomic E-state index is 13.8. The number of nitrogens with zero attached hydrogens (tertiary/aromatic N) is 1. The molecule has 4 rings (SSSR count). The van der Waals surface area contributed by atoms with E-state index in [1.165, 1.54) is 18.4 Å². The lowest BCUT2D eigenvalue weighted by atomic mass is 10.0. The minimum absolute atomic E-state index is 0.132. The molecule has 5 heteroatoms. The first-order valence-electron chi connectivity index (χ1n) is 14.8. The zero-order chi connectivity index (χ0) is 29.2. The summed E-state index contributed by atoms with van der Waals surface area (Å²) < 4.78 is 11.2. The molecule has 0 unspecified atom stereocenters. The van der Waals surface area contributed by atoms with Gasteiger partial charge in [-0.1, -0.05) is 81.7 Å². The first-order chi connectivity index (χ1) is 19.8. The van der Waals surface area contributed by atoms with Crippen LogP contribution in [0.5, 0.6) is 5.75 Å². The molecule has 3 aromatic rings. The minimum atomic E-state index is -1.04. The van der Waals surface area contributed by atoms with E-state index in [0.29, 0.717) is 24.4 Å². The number of rotatable bonds is 11. The molecule has 3 aromatic carbocycles. The third-order valence-corrected chi connectivity index (χ3v) is 7.20. The number of aryl methyl sites for hydroxylation is 1. The number of esters is 1. The number of carbonyl (C=O) groups excluding carboxylic acids is 2. The summed E-state index contributed by atoms with van der Waals surface area (Å²) in [6, 6.07) is 21.5. The number of ether oxygens (including phenoxy) is 2. The highest BCUT2D eigenvalue weighted by Gasteiger charge is 2.34. The quantitative estimate of drug-likeness (QED) is 0.138. The molecular weight excluding hydrogens is 510 g/mol. The Labute approximate surface area is 244 Å². The van der Waals surface area contributed by atoms with Gasteiger partial charge >= 0.3 is 5.97 Å². The van der Waals surface area contributed by atoms with Crippen molar-refractivity contribution in [3.8, 4) is 17.6 Å². The topological polar surface area (TPSA) is 55.8 Å². The third kappa shape index (κ3) is 8.24. The lowest BCUT2D eigenvalue weighted by Crippen LogP contribution is -2.39. The number of fused-ring (bicyclic) bond motifs is 1. The lowest BCUT2D eigenvalue weighted by molar-refractivity contribution is -0.127. The van der Waals surface area contributed by atoms with Gasteiger partial charge in [-0.05, 0) is 66.8 Å². The van der Waals surface area contributed by atoms with Crippen molar-refractivity contribution in [2.45, 2.75) is 85.0 Å². The third-order valence-electron chi connectivity index (χ3n) is 7.20. The molecule has 0 spiro atoms. The summed E-state index contributed by atoms with van der Waals surface area (Å²) in [5.41, 5.74) is 4.91. The Kier molecular flexibility index (Phi) is 10.2. The summed E-state index contributed by atoms with van der Waals surface area (Å²) in [6.45, 7) is 8.80. The average molecular weight is 552 g/mol. The molecule has 1 heterocycles. The zero-order valence-electron chi connectivity index (χ0n) is 24.8. The van der Waals surface area contributed by atoms with Gasteiger partial charge in [0.25, 0.3) is 5.91 Å². The van der Waals surface area contributed by atoms with E-state index in [0.717, 1.165) is 48.8 Å². The fourth-order valence-corrected chi connectivity index (χ4v) is 4.90. The number of cyclic esters (lactones) is 1. The maximum Gasteiger partial charge on any atom is 0.345 e. The fourth-order valence-electron chi connectivity index (χ4n) is 4.90. The number of unbranched alkanes of at least 4 members (excludes halogenated alkanes) is 4. The molecule has 1 amide bonds. The van der Waals surface area contributed by atoms with E-state index in [9.17, 15) is 9.59 Å². The molecule has 0 N–H and O–H groups in total. The Morgan fingerprint density at radius 2 is 1.61 bits per heavy atom. The molecule has 0 bridgehead atoms. The van der Waals surface area contributed by atoms with E-state index in [2.05, 4.69) is 50.0 Å². The SMILES string of the molecule is CCCCCCN(Cc1ccccc1C#Cc1ccc(CCCC)cc1)C(=O)c1ccc2c(c1)C(=O)OC(C)(C)O2. The predicted octanol–water partition coefficient (Wildman–Crippen LogP) is 7.94. The Morgan fingerprint density at radius 1 is 0.854 bits per heavy atom. The van der Waals surface area contributed by atoms with Gasteiger partial charge in [0.1, 0.15) is 11.3 Å². The molecule has 5 nitrogen and oxygen atoms in total. The van der Waals surface area contributed by atoms with Gasteiger partial charge in [0.15, 0.2) is 0 Å². The monoisotopic (exact) mass is 551 g/mol. The average Bonchev–Trinajstić information content (AvgIpc) is 2.96. The van der Waals surface area contributed by atoms with Crippen LogP contribution in [-0.2, 0) is 17.7 Å². The van der Waals surface area contributed by atoms with Gasteiger partial charge in [0.2, 0.25) is 5.79 Å². The highest BCUT2D eigenvalue weighted by Crippen LogP contribution is 2.32. The van der Waals surface area contributed by atoms with Crippen LogP contribution in [0, 0.1) is 11.8 Å². The van der Waals surface area contributed by atoms with Crippen LogP contribution in [0.15, 0.2) is 66.7 Å². The van der Waals surface area contributed by atoms with E-state index >= 15 is 0 Å². The van der Waals surface area contributed by atoms with Crippen molar-refractivity contribution < 1.29 is 19.1 Å². The van der Waals surface area contributed by atoms with Crippen molar-refractivity contribution in [3.63, 3.8) is 0 Å². The summed E-state index contributed by atoms with van der Waals surface area (Å²) in [4.78, 5) is 28.3. The second-order valence-corrected chi connectivity index (χ2v) is 11.1. The second-order valence-electron chi connectivity index (χ2n) is 11.1. The van der Waals surface area contributed by atoms with Crippen molar-refractivity contribution in [2.75, 3.05) is 6.54 Å². The van der Waals surface area contributed by atoms with Gasteiger partial charge in [0, 0.05) is 43.6 Å². The Hall–Kier alpha value is -4.04. The molecule has 0 saturated carbocycles. The summed E-state index contributed by atoms with van der Waals surface area (Å²) in [7, 11) is 0. The van der Waals surface area contributed by atoms with Gasteiger partial charge in [-0.15, -0.1) is 0 Å². The number of hydrogen-bond acceptors (Lipinski definition) is 4. The summed E-state index contributed by atoms with van der Waals surface area (Å²) >= 11 is 0. The Bertz CT molecular complexity index is 1410. The van der Waals surface area contributed by atoms with E-state index in [1.54, 1.807) is 32.0 Å². The van der Waals surface area contributed by atoms with Crippen LogP contribution >= 0.6 is 0 Å². The molecule has 214 valence electrons. The molecule has 1 aliphatic heterocycles. The van der Waals surface area contributed by atoms with Crippen LogP contribution in [0.25, 0.3) is 0 Å². The van der Waals surface area contributed by atoms with Gasteiger partial charge in [0.05, 0.1) is 0 Å². The first kappa shape index (κ1) is 29.9. The van der Waals surface area contributed by atoms with Crippen molar-refractivity contribution >= 4 is 11.9 Å². The molecule has 0 aromatic heterocycles. The molecule has 0 radical (unpaired) electrons. The summed E-state index contributed by atoms with van der Waals surface area (Å²) in [6.07, 6.45) is 7.66.